The molecule has 2 bridgehead atoms. The summed E-state index contributed by atoms with van der Waals surface area (Å²) in [4.78, 5) is 13.0. The van der Waals surface area contributed by atoms with Gasteiger partial charge in [0.05, 0.1) is 5.60 Å². The second kappa shape index (κ2) is 4.58. The number of piperidine rings is 2. The average molecular weight is 241 g/mol. The van der Waals surface area contributed by atoms with Crippen LogP contribution in [0.1, 0.15) is 39.0 Å². The summed E-state index contributed by atoms with van der Waals surface area (Å²) in [5.74, 6) is -0.380. The van der Waals surface area contributed by atoms with Crippen molar-refractivity contribution in [3.05, 3.63) is 0 Å². The number of carbonyl (C=O) groups is 1. The van der Waals surface area contributed by atoms with Gasteiger partial charge in [-0.1, -0.05) is 6.92 Å². The van der Waals surface area contributed by atoms with Crippen LogP contribution >= 0.6 is 0 Å². The summed E-state index contributed by atoms with van der Waals surface area (Å²) in [5.41, 5.74) is -0.621. The Balaban J connectivity index is 1.98. The van der Waals surface area contributed by atoms with E-state index in [1.165, 1.54) is 6.42 Å². The Morgan fingerprint density at radius 2 is 2.24 bits per heavy atom. The van der Waals surface area contributed by atoms with Crippen LogP contribution in [-0.4, -0.2) is 46.3 Å². The average Bonchev–Trinajstić information content (AvgIpc) is 2.18. The first-order valence-corrected chi connectivity index (χ1v) is 6.55. The third-order valence-electron chi connectivity index (χ3n) is 4.55. The predicted molar refractivity (Wildman–Crippen MR) is 64.7 cm³/mol. The highest BCUT2D eigenvalue weighted by molar-refractivity contribution is 5.66. The van der Waals surface area contributed by atoms with Crippen molar-refractivity contribution in [2.75, 3.05) is 13.6 Å². The number of aliphatic carboxylic acids is 1. The van der Waals surface area contributed by atoms with E-state index in [0.29, 0.717) is 18.4 Å². The van der Waals surface area contributed by atoms with Crippen LogP contribution < -0.4 is 0 Å². The van der Waals surface area contributed by atoms with E-state index >= 15 is 0 Å². The number of fused-ring (bicyclic) bond motifs is 3. The Morgan fingerprint density at radius 1 is 1.53 bits per heavy atom. The molecule has 3 fully saturated rings. The maximum atomic E-state index is 10.7. The number of carboxylic acid groups (broad SMARTS) is 1. The number of rotatable bonds is 4. The minimum absolute atomic E-state index is 0.0576. The lowest BCUT2D eigenvalue weighted by atomic mass is 9.66. The van der Waals surface area contributed by atoms with Gasteiger partial charge in [-0.25, -0.2) is 0 Å². The molecule has 98 valence electrons. The van der Waals surface area contributed by atoms with Crippen molar-refractivity contribution >= 4 is 5.97 Å². The Labute approximate surface area is 103 Å². The molecular formula is C13H23NO3. The zero-order valence-electron chi connectivity index (χ0n) is 10.7. The molecule has 0 aromatic heterocycles. The second-order valence-electron chi connectivity index (χ2n) is 6.08. The lowest BCUT2D eigenvalue weighted by Crippen LogP contribution is -2.59. The van der Waals surface area contributed by atoms with Gasteiger partial charge in [-0.15, -0.1) is 0 Å². The van der Waals surface area contributed by atoms with Gasteiger partial charge in [-0.3, -0.25) is 4.79 Å². The van der Waals surface area contributed by atoms with Crippen LogP contribution in [0.5, 0.6) is 0 Å². The third-order valence-corrected chi connectivity index (χ3v) is 4.55. The van der Waals surface area contributed by atoms with Gasteiger partial charge >= 0.3 is 5.97 Å². The van der Waals surface area contributed by atoms with E-state index in [2.05, 4.69) is 11.9 Å². The first kappa shape index (κ1) is 12.8. The molecule has 2 saturated heterocycles. The van der Waals surface area contributed by atoms with E-state index in [9.17, 15) is 9.90 Å². The summed E-state index contributed by atoms with van der Waals surface area (Å²) in [6, 6.07) is 0.488. The Hall–Kier alpha value is -0.610. The molecule has 2 heterocycles. The fourth-order valence-electron chi connectivity index (χ4n) is 3.70. The molecule has 4 nitrogen and oxygen atoms in total. The van der Waals surface area contributed by atoms with Crippen LogP contribution in [0, 0.1) is 11.8 Å². The van der Waals surface area contributed by atoms with Crippen molar-refractivity contribution in [1.82, 2.24) is 4.90 Å². The van der Waals surface area contributed by atoms with Crippen LogP contribution in [0.4, 0.5) is 0 Å². The van der Waals surface area contributed by atoms with Gasteiger partial charge in [0.1, 0.15) is 0 Å². The highest BCUT2D eigenvalue weighted by Crippen LogP contribution is 2.44. The Kier molecular flexibility index (Phi) is 3.46. The smallest absolute Gasteiger partial charge is 0.303 e. The zero-order valence-corrected chi connectivity index (χ0v) is 10.7. The SMILES string of the molecule is C[C@H](CC(=O)O)CC1(O)C[C@H]2CC[C@@H]1CN2C. The van der Waals surface area contributed by atoms with E-state index in [-0.39, 0.29) is 12.3 Å². The number of carboxylic acids is 1. The minimum Gasteiger partial charge on any atom is -0.481 e. The van der Waals surface area contributed by atoms with Crippen molar-refractivity contribution in [3.8, 4) is 0 Å². The molecule has 17 heavy (non-hydrogen) atoms. The fraction of sp³-hybridized carbons (Fsp3) is 0.923. The largest absolute Gasteiger partial charge is 0.481 e. The molecule has 2 aliphatic heterocycles. The first-order valence-electron chi connectivity index (χ1n) is 6.55. The first-order chi connectivity index (χ1) is 7.90. The molecule has 0 amide bonds. The molecule has 1 unspecified atom stereocenters. The van der Waals surface area contributed by atoms with Gasteiger partial charge in [0.15, 0.2) is 0 Å². The van der Waals surface area contributed by atoms with Gasteiger partial charge in [0, 0.05) is 24.9 Å². The van der Waals surface area contributed by atoms with E-state index in [1.807, 2.05) is 6.92 Å². The highest BCUT2D eigenvalue weighted by atomic mass is 16.4. The molecule has 4 heteroatoms. The zero-order chi connectivity index (χ0) is 12.6. The van der Waals surface area contributed by atoms with Crippen LogP contribution in [-0.2, 0) is 4.79 Å². The number of aliphatic hydroxyl groups is 1. The molecule has 1 saturated carbocycles. The normalized spacial score (nSPS) is 39.2. The highest BCUT2D eigenvalue weighted by Gasteiger charge is 2.48. The standard InChI is InChI=1S/C13H23NO3/c1-9(5-12(15)16)6-13(17)7-11-4-3-10(13)8-14(11)2/h9-11,17H,3-8H2,1-2H3,(H,15,16)/t9-,10-,11-,13?/m1/s1. The molecule has 1 aliphatic carbocycles. The van der Waals surface area contributed by atoms with Crippen molar-refractivity contribution in [1.29, 1.82) is 0 Å². The van der Waals surface area contributed by atoms with Crippen molar-refractivity contribution in [2.45, 2.75) is 50.7 Å². The van der Waals surface area contributed by atoms with E-state index in [4.69, 9.17) is 5.11 Å². The van der Waals surface area contributed by atoms with E-state index < -0.39 is 11.6 Å². The van der Waals surface area contributed by atoms with Crippen molar-refractivity contribution < 1.29 is 15.0 Å². The van der Waals surface area contributed by atoms with Crippen molar-refractivity contribution in [3.63, 3.8) is 0 Å². The lowest BCUT2D eigenvalue weighted by Gasteiger charge is -2.53. The monoisotopic (exact) mass is 241 g/mol. The molecule has 3 aliphatic rings. The fourth-order valence-corrected chi connectivity index (χ4v) is 3.70. The summed E-state index contributed by atoms with van der Waals surface area (Å²) >= 11 is 0. The topological polar surface area (TPSA) is 60.8 Å². The van der Waals surface area contributed by atoms with Crippen LogP contribution in [0.2, 0.25) is 0 Å². The molecule has 0 aromatic rings. The summed E-state index contributed by atoms with van der Waals surface area (Å²) in [5, 5.41) is 19.5. The van der Waals surface area contributed by atoms with E-state index in [1.54, 1.807) is 0 Å². The van der Waals surface area contributed by atoms with Gasteiger partial charge in [0.2, 0.25) is 0 Å². The molecular weight excluding hydrogens is 218 g/mol. The summed E-state index contributed by atoms with van der Waals surface area (Å²) in [6.07, 6.45) is 3.88. The summed E-state index contributed by atoms with van der Waals surface area (Å²) < 4.78 is 0. The van der Waals surface area contributed by atoms with E-state index in [0.717, 1.165) is 19.4 Å². The molecule has 2 N–H and O–H groups in total. The Bertz CT molecular complexity index is 307. The quantitative estimate of drug-likeness (QED) is 0.779. The molecule has 4 atom stereocenters. The minimum atomic E-state index is -0.765. The predicted octanol–water partition coefficient (Wildman–Crippen LogP) is 1.33. The second-order valence-corrected chi connectivity index (χ2v) is 6.08. The maximum Gasteiger partial charge on any atom is 0.303 e. The summed E-state index contributed by atoms with van der Waals surface area (Å²) in [6.45, 7) is 2.89. The van der Waals surface area contributed by atoms with Gasteiger partial charge in [-0.2, -0.15) is 0 Å². The Morgan fingerprint density at radius 3 is 2.71 bits per heavy atom. The number of hydrogen-bond acceptors (Lipinski definition) is 3. The van der Waals surface area contributed by atoms with Crippen LogP contribution in [0.3, 0.4) is 0 Å². The summed E-state index contributed by atoms with van der Waals surface area (Å²) in [7, 11) is 2.12. The van der Waals surface area contributed by atoms with Crippen LogP contribution in [0.15, 0.2) is 0 Å². The molecule has 0 radical (unpaired) electrons. The number of hydrogen-bond donors (Lipinski definition) is 2. The van der Waals surface area contributed by atoms with Gasteiger partial charge in [0.25, 0.3) is 0 Å². The third kappa shape index (κ3) is 2.63. The molecule has 3 rings (SSSR count). The lowest BCUT2D eigenvalue weighted by molar-refractivity contribution is -0.143. The van der Waals surface area contributed by atoms with Gasteiger partial charge < -0.3 is 15.1 Å². The van der Waals surface area contributed by atoms with Crippen LogP contribution in [0.25, 0.3) is 0 Å². The maximum absolute atomic E-state index is 10.7. The van der Waals surface area contributed by atoms with Crippen molar-refractivity contribution in [2.24, 2.45) is 11.8 Å². The molecule has 0 spiro atoms. The molecule has 0 aromatic carbocycles. The van der Waals surface area contributed by atoms with Gasteiger partial charge in [-0.05, 0) is 38.6 Å². The number of nitrogens with zero attached hydrogens (tertiary/aromatic N) is 1.